The van der Waals surface area contributed by atoms with Gasteiger partial charge >= 0.3 is 6.18 Å². The minimum Gasteiger partial charge on any atom is -0.307 e. The van der Waals surface area contributed by atoms with Crippen molar-refractivity contribution in [1.82, 2.24) is 5.32 Å². The molecule has 1 aromatic rings. The largest absolute Gasteiger partial charge is 0.391 e. The van der Waals surface area contributed by atoms with Crippen LogP contribution in [0, 0.1) is 17.2 Å². The van der Waals surface area contributed by atoms with Crippen molar-refractivity contribution in [3.05, 3.63) is 35.4 Å². The first-order valence-electron chi connectivity index (χ1n) is 7.23. The van der Waals surface area contributed by atoms with Gasteiger partial charge in [-0.25, -0.2) is 0 Å². The molecule has 5 heteroatoms. The molecule has 0 spiro atoms. The van der Waals surface area contributed by atoms with E-state index in [-0.39, 0.29) is 24.9 Å². The van der Waals surface area contributed by atoms with Crippen LogP contribution in [-0.2, 0) is 0 Å². The standard InChI is InChI=1S/C16H19F3N2/c1-11(13-4-2-3-12(9-13)10-20)21-15-7-5-14(6-8-15)16(17,18)19/h2-4,9,11,14-15,21H,5-8H2,1H3. The molecule has 0 saturated heterocycles. The van der Waals surface area contributed by atoms with E-state index in [9.17, 15) is 13.2 Å². The van der Waals surface area contributed by atoms with E-state index in [4.69, 9.17) is 5.26 Å². The molecule has 0 radical (unpaired) electrons. The van der Waals surface area contributed by atoms with Gasteiger partial charge in [0.05, 0.1) is 17.6 Å². The van der Waals surface area contributed by atoms with Crippen molar-refractivity contribution in [3.63, 3.8) is 0 Å². The molecule has 2 nitrogen and oxygen atoms in total. The van der Waals surface area contributed by atoms with Crippen LogP contribution < -0.4 is 5.32 Å². The molecule has 0 heterocycles. The van der Waals surface area contributed by atoms with Gasteiger partial charge in [-0.15, -0.1) is 0 Å². The summed E-state index contributed by atoms with van der Waals surface area (Å²) in [4.78, 5) is 0. The highest BCUT2D eigenvalue weighted by Crippen LogP contribution is 2.37. The van der Waals surface area contributed by atoms with Crippen LogP contribution in [0.4, 0.5) is 13.2 Å². The monoisotopic (exact) mass is 296 g/mol. The molecular weight excluding hydrogens is 277 g/mol. The Kier molecular flexibility index (Phi) is 4.89. The first-order chi connectivity index (χ1) is 9.90. The van der Waals surface area contributed by atoms with Crippen molar-refractivity contribution < 1.29 is 13.2 Å². The second-order valence-corrected chi connectivity index (χ2v) is 5.72. The third kappa shape index (κ3) is 4.21. The molecule has 2 rings (SSSR count). The second kappa shape index (κ2) is 6.48. The van der Waals surface area contributed by atoms with Gasteiger partial charge in [-0.2, -0.15) is 18.4 Å². The fourth-order valence-corrected chi connectivity index (χ4v) is 2.91. The number of nitrogens with one attached hydrogen (secondary N) is 1. The molecule has 1 fully saturated rings. The van der Waals surface area contributed by atoms with Crippen LogP contribution in [0.3, 0.4) is 0 Å². The Labute approximate surface area is 123 Å². The summed E-state index contributed by atoms with van der Waals surface area (Å²) in [7, 11) is 0. The molecule has 0 aromatic heterocycles. The maximum absolute atomic E-state index is 12.6. The van der Waals surface area contributed by atoms with Gasteiger partial charge in [-0.1, -0.05) is 12.1 Å². The van der Waals surface area contributed by atoms with E-state index in [0.717, 1.165) is 5.56 Å². The summed E-state index contributed by atoms with van der Waals surface area (Å²) in [6.07, 6.45) is -2.56. The van der Waals surface area contributed by atoms with Gasteiger partial charge < -0.3 is 5.32 Å². The lowest BCUT2D eigenvalue weighted by Gasteiger charge is -2.32. The number of alkyl halides is 3. The summed E-state index contributed by atoms with van der Waals surface area (Å²) in [5, 5.41) is 12.3. The number of nitriles is 1. The Morgan fingerprint density at radius 1 is 1.24 bits per heavy atom. The van der Waals surface area contributed by atoms with Crippen molar-refractivity contribution in [2.45, 2.75) is 50.9 Å². The van der Waals surface area contributed by atoms with E-state index in [1.54, 1.807) is 6.07 Å². The Hall–Kier alpha value is -1.54. The van der Waals surface area contributed by atoms with Gasteiger partial charge in [0, 0.05) is 12.1 Å². The number of halogens is 3. The summed E-state index contributed by atoms with van der Waals surface area (Å²) in [5.41, 5.74) is 1.59. The number of nitrogens with zero attached hydrogens (tertiary/aromatic N) is 1. The van der Waals surface area contributed by atoms with Crippen molar-refractivity contribution >= 4 is 0 Å². The Balaban J connectivity index is 1.90. The second-order valence-electron chi connectivity index (χ2n) is 5.72. The van der Waals surface area contributed by atoms with Gasteiger partial charge in [-0.05, 0) is 50.3 Å². The zero-order chi connectivity index (χ0) is 15.5. The zero-order valence-electron chi connectivity index (χ0n) is 12.0. The average molecular weight is 296 g/mol. The van der Waals surface area contributed by atoms with Gasteiger partial charge in [0.25, 0.3) is 0 Å². The Morgan fingerprint density at radius 2 is 1.90 bits per heavy atom. The van der Waals surface area contributed by atoms with Gasteiger partial charge in [0.15, 0.2) is 0 Å². The maximum Gasteiger partial charge on any atom is 0.391 e. The highest BCUT2D eigenvalue weighted by atomic mass is 19.4. The topological polar surface area (TPSA) is 35.8 Å². The summed E-state index contributed by atoms with van der Waals surface area (Å²) in [5.74, 6) is -1.15. The third-order valence-electron chi connectivity index (χ3n) is 4.19. The van der Waals surface area contributed by atoms with Crippen LogP contribution in [-0.4, -0.2) is 12.2 Å². The van der Waals surface area contributed by atoms with Crippen LogP contribution in [0.2, 0.25) is 0 Å². The normalized spacial score (nSPS) is 24.3. The van der Waals surface area contributed by atoms with E-state index in [2.05, 4.69) is 11.4 Å². The highest BCUT2D eigenvalue weighted by molar-refractivity contribution is 5.34. The van der Waals surface area contributed by atoms with Crippen molar-refractivity contribution in [1.29, 1.82) is 5.26 Å². The molecule has 1 aliphatic carbocycles. The molecule has 1 aromatic carbocycles. The Bertz CT molecular complexity index is 511. The van der Waals surface area contributed by atoms with E-state index in [1.165, 1.54) is 0 Å². The molecule has 1 unspecified atom stereocenters. The van der Waals surface area contributed by atoms with E-state index in [1.807, 2.05) is 25.1 Å². The molecule has 1 saturated carbocycles. The zero-order valence-corrected chi connectivity index (χ0v) is 12.0. The highest BCUT2D eigenvalue weighted by Gasteiger charge is 2.41. The van der Waals surface area contributed by atoms with Gasteiger partial charge in [0.1, 0.15) is 0 Å². The molecule has 1 atom stereocenters. The lowest BCUT2D eigenvalue weighted by molar-refractivity contribution is -0.182. The van der Waals surface area contributed by atoms with Crippen LogP contribution in [0.15, 0.2) is 24.3 Å². The SMILES string of the molecule is CC(NC1CCC(C(F)(F)F)CC1)c1cccc(C#N)c1. The maximum atomic E-state index is 12.6. The van der Waals surface area contributed by atoms with Crippen LogP contribution >= 0.6 is 0 Å². The Morgan fingerprint density at radius 3 is 2.48 bits per heavy atom. The molecule has 0 bridgehead atoms. The van der Waals surface area contributed by atoms with Crippen molar-refractivity contribution in [2.24, 2.45) is 5.92 Å². The fourth-order valence-electron chi connectivity index (χ4n) is 2.91. The predicted molar refractivity (Wildman–Crippen MR) is 74.5 cm³/mol. The smallest absolute Gasteiger partial charge is 0.307 e. The van der Waals surface area contributed by atoms with E-state index < -0.39 is 12.1 Å². The molecule has 1 aliphatic rings. The van der Waals surface area contributed by atoms with Crippen LogP contribution in [0.25, 0.3) is 0 Å². The minimum absolute atomic E-state index is 0.0331. The number of rotatable bonds is 3. The number of hydrogen-bond donors (Lipinski definition) is 1. The van der Waals surface area contributed by atoms with Crippen LogP contribution in [0.1, 0.15) is 49.8 Å². The molecule has 0 amide bonds. The van der Waals surface area contributed by atoms with Crippen molar-refractivity contribution in [3.8, 4) is 6.07 Å². The molecule has 1 N–H and O–H groups in total. The summed E-state index contributed by atoms with van der Waals surface area (Å²) >= 11 is 0. The van der Waals surface area contributed by atoms with Crippen LogP contribution in [0.5, 0.6) is 0 Å². The first kappa shape index (κ1) is 15.8. The molecular formula is C16H19F3N2. The lowest BCUT2D eigenvalue weighted by atomic mass is 9.85. The summed E-state index contributed by atoms with van der Waals surface area (Å²) < 4.78 is 37.9. The fraction of sp³-hybridized carbons (Fsp3) is 0.562. The molecule has 0 aliphatic heterocycles. The number of hydrogen-bond acceptors (Lipinski definition) is 2. The summed E-state index contributed by atoms with van der Waals surface area (Å²) in [6, 6.07) is 9.56. The lowest BCUT2D eigenvalue weighted by Crippen LogP contribution is -2.38. The molecule has 114 valence electrons. The number of benzene rings is 1. The average Bonchev–Trinajstić information content (AvgIpc) is 2.47. The van der Waals surface area contributed by atoms with E-state index >= 15 is 0 Å². The van der Waals surface area contributed by atoms with Gasteiger partial charge in [0.2, 0.25) is 0 Å². The van der Waals surface area contributed by atoms with E-state index in [0.29, 0.717) is 18.4 Å². The molecule has 21 heavy (non-hydrogen) atoms. The van der Waals surface area contributed by atoms with Gasteiger partial charge in [-0.3, -0.25) is 0 Å². The summed E-state index contributed by atoms with van der Waals surface area (Å²) in [6.45, 7) is 1.98. The predicted octanol–water partition coefficient (Wildman–Crippen LogP) is 4.33. The minimum atomic E-state index is -4.06. The quantitative estimate of drug-likeness (QED) is 0.901. The first-order valence-corrected chi connectivity index (χ1v) is 7.23. The van der Waals surface area contributed by atoms with Crippen molar-refractivity contribution in [2.75, 3.05) is 0 Å². The third-order valence-corrected chi connectivity index (χ3v) is 4.19.